The molecule has 100 valence electrons. The van der Waals surface area contributed by atoms with Crippen molar-refractivity contribution in [2.45, 2.75) is 6.54 Å². The van der Waals surface area contributed by atoms with E-state index in [1.165, 1.54) is 0 Å². The molecule has 0 saturated carbocycles. The largest absolute Gasteiger partial charge is 0.496 e. The van der Waals surface area contributed by atoms with Crippen LogP contribution < -0.4 is 20.5 Å². The monoisotopic (exact) mass is 259 g/mol. The van der Waals surface area contributed by atoms with Gasteiger partial charge in [-0.2, -0.15) is 4.98 Å². The molecule has 1 aromatic heterocycles. The first-order valence-corrected chi connectivity index (χ1v) is 5.91. The highest BCUT2D eigenvalue weighted by atomic mass is 16.5. The molecule has 0 aliphatic heterocycles. The first-order chi connectivity index (χ1) is 9.24. The summed E-state index contributed by atoms with van der Waals surface area (Å²) in [6, 6.07) is 11.3. The third-order valence-corrected chi connectivity index (χ3v) is 2.75. The molecule has 0 bridgehead atoms. The van der Waals surface area contributed by atoms with Crippen LogP contribution in [0.25, 0.3) is 0 Å². The van der Waals surface area contributed by atoms with Gasteiger partial charge in [0.1, 0.15) is 5.75 Å². The molecule has 5 nitrogen and oxygen atoms in total. The number of methoxy groups -OCH3 is 2. The lowest BCUT2D eigenvalue weighted by Crippen LogP contribution is -2.06. The molecule has 0 saturated heterocycles. The zero-order chi connectivity index (χ0) is 13.7. The zero-order valence-corrected chi connectivity index (χ0v) is 11.0. The highest BCUT2D eigenvalue weighted by Crippen LogP contribution is 2.22. The Balaban J connectivity index is 2.14. The van der Waals surface area contributed by atoms with E-state index in [2.05, 4.69) is 10.3 Å². The maximum Gasteiger partial charge on any atom is 0.215 e. The Kier molecular flexibility index (Phi) is 4.07. The third-order valence-electron chi connectivity index (χ3n) is 2.75. The van der Waals surface area contributed by atoms with E-state index in [0.717, 1.165) is 11.3 Å². The van der Waals surface area contributed by atoms with Gasteiger partial charge in [0.25, 0.3) is 0 Å². The molecular formula is C14H17N3O2. The molecule has 1 heterocycles. The van der Waals surface area contributed by atoms with Crippen molar-refractivity contribution in [2.75, 3.05) is 25.3 Å². The van der Waals surface area contributed by atoms with E-state index in [1.54, 1.807) is 26.4 Å². The number of anilines is 2. The van der Waals surface area contributed by atoms with Gasteiger partial charge in [0.15, 0.2) is 5.82 Å². The van der Waals surface area contributed by atoms with E-state index in [0.29, 0.717) is 23.9 Å². The van der Waals surface area contributed by atoms with Crippen LogP contribution in [0, 0.1) is 0 Å². The predicted molar refractivity (Wildman–Crippen MR) is 75.5 cm³/mol. The summed E-state index contributed by atoms with van der Waals surface area (Å²) in [5.74, 6) is 1.96. The minimum absolute atomic E-state index is 0.525. The zero-order valence-electron chi connectivity index (χ0n) is 11.0. The van der Waals surface area contributed by atoms with Crippen molar-refractivity contribution in [2.24, 2.45) is 0 Å². The van der Waals surface area contributed by atoms with E-state index < -0.39 is 0 Å². The standard InChI is InChI=1S/C14H17N3O2/c1-18-12-6-4-3-5-10(12)9-16-14-11(15)7-8-13(17-14)19-2/h3-8H,9,15H2,1-2H3,(H,16,17). The van der Waals surface area contributed by atoms with Gasteiger partial charge in [-0.1, -0.05) is 18.2 Å². The molecule has 2 rings (SSSR count). The molecule has 1 aromatic carbocycles. The fourth-order valence-corrected chi connectivity index (χ4v) is 1.74. The Hall–Kier alpha value is -2.43. The van der Waals surface area contributed by atoms with Crippen LogP contribution in [-0.2, 0) is 6.54 Å². The third kappa shape index (κ3) is 3.07. The number of aromatic nitrogens is 1. The molecule has 0 atom stereocenters. The van der Waals surface area contributed by atoms with E-state index in [4.69, 9.17) is 15.2 Å². The molecule has 0 aliphatic rings. The smallest absolute Gasteiger partial charge is 0.215 e. The van der Waals surface area contributed by atoms with Crippen molar-refractivity contribution >= 4 is 11.5 Å². The lowest BCUT2D eigenvalue weighted by atomic mass is 10.2. The van der Waals surface area contributed by atoms with Crippen molar-refractivity contribution in [3.05, 3.63) is 42.0 Å². The van der Waals surface area contributed by atoms with Gasteiger partial charge in [-0.05, 0) is 12.1 Å². The fraction of sp³-hybridized carbons (Fsp3) is 0.214. The highest BCUT2D eigenvalue weighted by Gasteiger charge is 2.05. The molecule has 19 heavy (non-hydrogen) atoms. The molecule has 0 aliphatic carbocycles. The van der Waals surface area contributed by atoms with Gasteiger partial charge < -0.3 is 20.5 Å². The van der Waals surface area contributed by atoms with Crippen molar-refractivity contribution in [3.63, 3.8) is 0 Å². The Morgan fingerprint density at radius 1 is 1.11 bits per heavy atom. The van der Waals surface area contributed by atoms with E-state index in [1.807, 2.05) is 24.3 Å². The van der Waals surface area contributed by atoms with Gasteiger partial charge in [0.2, 0.25) is 5.88 Å². The van der Waals surface area contributed by atoms with Crippen LogP contribution in [0.15, 0.2) is 36.4 Å². The molecule has 0 amide bonds. The average Bonchev–Trinajstić information content (AvgIpc) is 2.46. The number of nitrogens with two attached hydrogens (primary N) is 1. The topological polar surface area (TPSA) is 69.4 Å². The second-order valence-corrected chi connectivity index (χ2v) is 3.96. The number of hydrogen-bond donors (Lipinski definition) is 2. The van der Waals surface area contributed by atoms with Gasteiger partial charge in [-0.25, -0.2) is 0 Å². The van der Waals surface area contributed by atoms with Crippen LogP contribution in [0.5, 0.6) is 11.6 Å². The first-order valence-electron chi connectivity index (χ1n) is 5.91. The van der Waals surface area contributed by atoms with Gasteiger partial charge in [0, 0.05) is 18.2 Å². The van der Waals surface area contributed by atoms with Crippen LogP contribution in [-0.4, -0.2) is 19.2 Å². The number of benzene rings is 1. The number of rotatable bonds is 5. The molecule has 2 aromatic rings. The number of pyridine rings is 1. The van der Waals surface area contributed by atoms with Crippen LogP contribution in [0.2, 0.25) is 0 Å². The minimum atomic E-state index is 0.525. The summed E-state index contributed by atoms with van der Waals surface area (Å²) in [6.07, 6.45) is 0. The number of hydrogen-bond acceptors (Lipinski definition) is 5. The van der Waals surface area contributed by atoms with E-state index in [9.17, 15) is 0 Å². The van der Waals surface area contributed by atoms with Crippen LogP contribution in [0.4, 0.5) is 11.5 Å². The molecule has 3 N–H and O–H groups in total. The first kappa shape index (κ1) is 13.0. The van der Waals surface area contributed by atoms with Crippen molar-refractivity contribution in [1.82, 2.24) is 4.98 Å². The summed E-state index contributed by atoms with van der Waals surface area (Å²) in [5, 5.41) is 3.18. The normalized spacial score (nSPS) is 10.0. The minimum Gasteiger partial charge on any atom is -0.496 e. The molecular weight excluding hydrogens is 242 g/mol. The Morgan fingerprint density at radius 3 is 2.63 bits per heavy atom. The van der Waals surface area contributed by atoms with Gasteiger partial charge >= 0.3 is 0 Å². The number of nitrogen functional groups attached to an aromatic ring is 1. The highest BCUT2D eigenvalue weighted by molar-refractivity contribution is 5.62. The number of nitrogens with zero attached hydrogens (tertiary/aromatic N) is 1. The van der Waals surface area contributed by atoms with E-state index >= 15 is 0 Å². The van der Waals surface area contributed by atoms with Crippen molar-refractivity contribution in [3.8, 4) is 11.6 Å². The average molecular weight is 259 g/mol. The van der Waals surface area contributed by atoms with Gasteiger partial charge in [-0.15, -0.1) is 0 Å². The Morgan fingerprint density at radius 2 is 1.89 bits per heavy atom. The fourth-order valence-electron chi connectivity index (χ4n) is 1.74. The molecule has 0 fully saturated rings. The number of para-hydroxylation sites is 1. The summed E-state index contributed by atoms with van der Waals surface area (Å²) >= 11 is 0. The number of ether oxygens (including phenoxy) is 2. The van der Waals surface area contributed by atoms with Crippen molar-refractivity contribution in [1.29, 1.82) is 0 Å². The van der Waals surface area contributed by atoms with Crippen LogP contribution >= 0.6 is 0 Å². The summed E-state index contributed by atoms with van der Waals surface area (Å²) in [5.41, 5.74) is 7.48. The maximum absolute atomic E-state index is 5.87. The summed E-state index contributed by atoms with van der Waals surface area (Å²) in [7, 11) is 3.22. The van der Waals surface area contributed by atoms with Gasteiger partial charge in [-0.3, -0.25) is 0 Å². The summed E-state index contributed by atoms with van der Waals surface area (Å²) in [6.45, 7) is 0.578. The Labute approximate surface area is 112 Å². The van der Waals surface area contributed by atoms with Gasteiger partial charge in [0.05, 0.1) is 19.9 Å². The lowest BCUT2D eigenvalue weighted by Gasteiger charge is -2.12. The quantitative estimate of drug-likeness (QED) is 0.862. The number of nitrogens with one attached hydrogen (secondary N) is 1. The van der Waals surface area contributed by atoms with Crippen molar-refractivity contribution < 1.29 is 9.47 Å². The second-order valence-electron chi connectivity index (χ2n) is 3.96. The molecule has 0 spiro atoms. The molecule has 0 unspecified atom stereocenters. The molecule has 0 radical (unpaired) electrons. The summed E-state index contributed by atoms with van der Waals surface area (Å²) < 4.78 is 10.4. The van der Waals surface area contributed by atoms with Crippen LogP contribution in [0.1, 0.15) is 5.56 Å². The lowest BCUT2D eigenvalue weighted by molar-refractivity contribution is 0.398. The predicted octanol–water partition coefficient (Wildman–Crippen LogP) is 2.29. The Bertz CT molecular complexity index is 558. The second kappa shape index (κ2) is 5.95. The SMILES string of the molecule is COc1ccc(N)c(NCc2ccccc2OC)n1. The summed E-state index contributed by atoms with van der Waals surface area (Å²) in [4.78, 5) is 4.26. The maximum atomic E-state index is 5.87. The van der Waals surface area contributed by atoms with E-state index in [-0.39, 0.29) is 0 Å². The molecule has 5 heteroatoms. The van der Waals surface area contributed by atoms with Crippen LogP contribution in [0.3, 0.4) is 0 Å².